The summed E-state index contributed by atoms with van der Waals surface area (Å²) in [6, 6.07) is 8.91. The molecule has 0 N–H and O–H groups in total. The number of nitrogens with zero attached hydrogens (tertiary/aromatic N) is 2. The van der Waals surface area contributed by atoms with E-state index < -0.39 is 0 Å². The molecule has 25 heavy (non-hydrogen) atoms. The molecule has 5 heteroatoms. The quantitative estimate of drug-likeness (QED) is 0.724. The van der Waals surface area contributed by atoms with Crippen LogP contribution in [0.4, 0.5) is 0 Å². The van der Waals surface area contributed by atoms with E-state index in [1.54, 1.807) is 7.11 Å². The summed E-state index contributed by atoms with van der Waals surface area (Å²) in [5, 5.41) is 0. The van der Waals surface area contributed by atoms with Crippen LogP contribution in [-0.2, 0) is 20.8 Å². The van der Waals surface area contributed by atoms with Gasteiger partial charge in [0.15, 0.2) is 0 Å². The minimum absolute atomic E-state index is 0.0661. The van der Waals surface area contributed by atoms with E-state index in [-0.39, 0.29) is 18.1 Å². The van der Waals surface area contributed by atoms with Crippen LogP contribution in [0.1, 0.15) is 43.4 Å². The molecule has 1 aliphatic rings. The predicted octanol–water partition coefficient (Wildman–Crippen LogP) is 2.85. The summed E-state index contributed by atoms with van der Waals surface area (Å²) in [4.78, 5) is 16.6. The Morgan fingerprint density at radius 1 is 1.28 bits per heavy atom. The van der Waals surface area contributed by atoms with Crippen LogP contribution in [0.5, 0.6) is 0 Å². The summed E-state index contributed by atoms with van der Waals surface area (Å²) in [5.74, 6) is 0.177. The van der Waals surface area contributed by atoms with Gasteiger partial charge in [-0.1, -0.05) is 24.3 Å². The Balaban J connectivity index is 2.00. The van der Waals surface area contributed by atoms with Crippen molar-refractivity contribution in [2.24, 2.45) is 0 Å². The summed E-state index contributed by atoms with van der Waals surface area (Å²) in [7, 11) is 5.78. The summed E-state index contributed by atoms with van der Waals surface area (Å²) in [6.07, 6.45) is 2.28. The summed E-state index contributed by atoms with van der Waals surface area (Å²) in [5.41, 5.74) is 2.50. The lowest BCUT2D eigenvalue weighted by Gasteiger charge is -2.37. The zero-order valence-corrected chi connectivity index (χ0v) is 16.0. The van der Waals surface area contributed by atoms with Crippen LogP contribution < -0.4 is 0 Å². The maximum Gasteiger partial charge on any atom is 0.225 e. The Morgan fingerprint density at radius 3 is 2.60 bits per heavy atom. The molecule has 5 nitrogen and oxygen atoms in total. The fraction of sp³-hybridized carbons (Fsp3) is 0.650. The molecule has 0 bridgehead atoms. The average molecular weight is 348 g/mol. The van der Waals surface area contributed by atoms with Crippen LogP contribution >= 0.6 is 0 Å². The van der Waals surface area contributed by atoms with Gasteiger partial charge in [0.25, 0.3) is 0 Å². The van der Waals surface area contributed by atoms with E-state index in [0.717, 1.165) is 25.9 Å². The van der Waals surface area contributed by atoms with Crippen molar-refractivity contribution in [1.29, 1.82) is 0 Å². The first kappa shape index (κ1) is 19.9. The number of methoxy groups -OCH3 is 1. The maximum absolute atomic E-state index is 12.4. The van der Waals surface area contributed by atoms with Crippen LogP contribution in [0.3, 0.4) is 0 Å². The minimum atomic E-state index is 0.0661. The van der Waals surface area contributed by atoms with Crippen molar-refractivity contribution in [2.75, 3.05) is 41.0 Å². The Morgan fingerprint density at radius 2 is 2.00 bits per heavy atom. The number of rotatable bonds is 8. The third-order valence-corrected chi connectivity index (χ3v) is 4.73. The lowest BCUT2D eigenvalue weighted by molar-refractivity contribution is -0.137. The van der Waals surface area contributed by atoms with Crippen molar-refractivity contribution in [2.45, 2.75) is 44.9 Å². The van der Waals surface area contributed by atoms with E-state index >= 15 is 0 Å². The van der Waals surface area contributed by atoms with Crippen molar-refractivity contribution in [3.63, 3.8) is 0 Å². The van der Waals surface area contributed by atoms with Gasteiger partial charge in [0.05, 0.1) is 19.1 Å². The van der Waals surface area contributed by atoms with Gasteiger partial charge in [0.1, 0.15) is 0 Å². The third kappa shape index (κ3) is 5.80. The molecule has 1 saturated heterocycles. The lowest BCUT2D eigenvalue weighted by Crippen LogP contribution is -2.44. The van der Waals surface area contributed by atoms with Crippen LogP contribution in [0.2, 0.25) is 0 Å². The van der Waals surface area contributed by atoms with E-state index in [4.69, 9.17) is 9.47 Å². The Bertz CT molecular complexity index is 530. The molecule has 1 amide bonds. The highest BCUT2D eigenvalue weighted by Crippen LogP contribution is 2.31. The van der Waals surface area contributed by atoms with Gasteiger partial charge in [-0.2, -0.15) is 0 Å². The van der Waals surface area contributed by atoms with Gasteiger partial charge in [0.2, 0.25) is 5.91 Å². The molecule has 0 aromatic heterocycles. The summed E-state index contributed by atoms with van der Waals surface area (Å²) < 4.78 is 11.0. The predicted molar refractivity (Wildman–Crippen MR) is 99.4 cm³/mol. The van der Waals surface area contributed by atoms with E-state index in [1.165, 1.54) is 11.1 Å². The Hall–Kier alpha value is -1.43. The average Bonchev–Trinajstić information content (AvgIpc) is 2.61. The van der Waals surface area contributed by atoms with Crippen LogP contribution in [0.15, 0.2) is 24.3 Å². The second kappa shape index (κ2) is 9.90. The van der Waals surface area contributed by atoms with Gasteiger partial charge >= 0.3 is 0 Å². The minimum Gasteiger partial charge on any atom is -0.384 e. The molecule has 1 fully saturated rings. The molecule has 0 unspecified atom stereocenters. The first-order valence-electron chi connectivity index (χ1n) is 9.18. The monoisotopic (exact) mass is 348 g/mol. The summed E-state index contributed by atoms with van der Waals surface area (Å²) >= 11 is 0. The second-order valence-corrected chi connectivity index (χ2v) is 6.94. The highest BCUT2D eigenvalue weighted by atomic mass is 16.5. The van der Waals surface area contributed by atoms with Crippen molar-refractivity contribution in [3.8, 4) is 0 Å². The molecule has 0 radical (unpaired) electrons. The lowest BCUT2D eigenvalue weighted by atomic mass is 9.95. The molecule has 1 aromatic carbocycles. The van der Waals surface area contributed by atoms with Gasteiger partial charge < -0.3 is 19.3 Å². The number of carbonyl (C=O) groups excluding carboxylic acids is 1. The number of benzene rings is 1. The maximum atomic E-state index is 12.4. The van der Waals surface area contributed by atoms with Crippen LogP contribution in [0.25, 0.3) is 0 Å². The zero-order chi connectivity index (χ0) is 18.2. The van der Waals surface area contributed by atoms with Gasteiger partial charge in [-0.3, -0.25) is 4.79 Å². The highest BCUT2D eigenvalue weighted by molar-refractivity contribution is 5.76. The van der Waals surface area contributed by atoms with Gasteiger partial charge in [-0.05, 0) is 45.0 Å². The van der Waals surface area contributed by atoms with Crippen molar-refractivity contribution in [1.82, 2.24) is 9.80 Å². The normalized spacial score (nSPS) is 20.7. The molecular formula is C20H32N2O3. The van der Waals surface area contributed by atoms with Gasteiger partial charge in [-0.15, -0.1) is 0 Å². The molecule has 0 saturated carbocycles. The molecule has 0 spiro atoms. The van der Waals surface area contributed by atoms with Gasteiger partial charge in [-0.25, -0.2) is 0 Å². The number of carbonyl (C=O) groups is 1. The first-order chi connectivity index (χ1) is 12.0. The fourth-order valence-corrected chi connectivity index (χ4v) is 3.47. The molecule has 0 aliphatic carbocycles. The SMILES string of the molecule is CCN(C(=O)CCOC)[C@H]1CCO[C@@H](c2ccc(CN(C)C)cc2)C1. The topological polar surface area (TPSA) is 42.0 Å². The third-order valence-electron chi connectivity index (χ3n) is 4.73. The van der Waals surface area contributed by atoms with E-state index in [9.17, 15) is 4.79 Å². The number of hydrogen-bond acceptors (Lipinski definition) is 4. The van der Waals surface area contributed by atoms with Crippen molar-refractivity contribution >= 4 is 5.91 Å². The molecule has 1 aromatic rings. The number of hydrogen-bond donors (Lipinski definition) is 0. The van der Waals surface area contributed by atoms with Crippen LogP contribution in [0, 0.1) is 0 Å². The number of amides is 1. The van der Waals surface area contributed by atoms with E-state index in [2.05, 4.69) is 43.3 Å². The smallest absolute Gasteiger partial charge is 0.225 e. The van der Waals surface area contributed by atoms with E-state index in [1.807, 2.05) is 11.8 Å². The standard InChI is InChI=1S/C20H32N2O3/c1-5-22(20(23)11-12-24-4)18-10-13-25-19(14-18)17-8-6-16(7-9-17)15-21(2)3/h6-9,18-19H,5,10-15H2,1-4H3/t18-,19+/m0/s1. The Labute approximate surface area is 151 Å². The van der Waals surface area contributed by atoms with Gasteiger partial charge in [0, 0.05) is 32.8 Å². The second-order valence-electron chi connectivity index (χ2n) is 6.94. The molecule has 140 valence electrons. The Kier molecular flexibility index (Phi) is 7.88. The highest BCUT2D eigenvalue weighted by Gasteiger charge is 2.29. The largest absolute Gasteiger partial charge is 0.384 e. The fourth-order valence-electron chi connectivity index (χ4n) is 3.47. The van der Waals surface area contributed by atoms with Crippen LogP contribution in [-0.4, -0.2) is 62.7 Å². The zero-order valence-electron chi connectivity index (χ0n) is 16.0. The van der Waals surface area contributed by atoms with Crippen molar-refractivity contribution in [3.05, 3.63) is 35.4 Å². The molecule has 2 rings (SSSR count). The van der Waals surface area contributed by atoms with Crippen molar-refractivity contribution < 1.29 is 14.3 Å². The molecular weight excluding hydrogens is 316 g/mol. The molecule has 1 heterocycles. The number of ether oxygens (including phenoxy) is 2. The first-order valence-corrected chi connectivity index (χ1v) is 9.18. The van der Waals surface area contributed by atoms with E-state index in [0.29, 0.717) is 19.6 Å². The summed E-state index contributed by atoms with van der Waals surface area (Å²) in [6.45, 7) is 4.90. The molecule has 1 aliphatic heterocycles. The molecule has 2 atom stereocenters.